The van der Waals surface area contributed by atoms with Crippen molar-refractivity contribution in [1.82, 2.24) is 10.3 Å². The molecule has 2 saturated carbocycles. The van der Waals surface area contributed by atoms with Gasteiger partial charge in [-0.3, -0.25) is 4.79 Å². The van der Waals surface area contributed by atoms with Crippen LogP contribution in [0.4, 0.5) is 0 Å². The molecule has 1 aromatic heterocycles. The van der Waals surface area contributed by atoms with Gasteiger partial charge in [0.15, 0.2) is 5.54 Å². The van der Waals surface area contributed by atoms with E-state index < -0.39 is 5.54 Å². The van der Waals surface area contributed by atoms with Gasteiger partial charge in [-0.1, -0.05) is 24.5 Å². The zero-order chi connectivity index (χ0) is 17.7. The van der Waals surface area contributed by atoms with Crippen molar-refractivity contribution < 1.29 is 4.79 Å². The van der Waals surface area contributed by atoms with E-state index >= 15 is 0 Å². The summed E-state index contributed by atoms with van der Waals surface area (Å²) >= 11 is 1.50. The first-order chi connectivity index (χ1) is 12.2. The van der Waals surface area contributed by atoms with Gasteiger partial charge in [0, 0.05) is 11.6 Å². The second kappa shape index (κ2) is 7.79. The molecule has 25 heavy (non-hydrogen) atoms. The average Bonchev–Trinajstić information content (AvgIpc) is 3.24. The van der Waals surface area contributed by atoms with Crippen LogP contribution in [0, 0.1) is 22.8 Å². The first-order valence-electron chi connectivity index (χ1n) is 8.78. The number of carbonyl (C=O) groups excluding carboxylic acids is 1. The van der Waals surface area contributed by atoms with Crippen molar-refractivity contribution in [2.24, 2.45) is 11.1 Å². The molecule has 0 saturated heterocycles. The van der Waals surface area contributed by atoms with E-state index in [0.717, 1.165) is 25.7 Å². The number of hydrogen-bond acceptors (Lipinski definition) is 5. The number of hydrogen-bond donors (Lipinski definition) is 2. The van der Waals surface area contributed by atoms with Crippen LogP contribution in [-0.2, 0) is 0 Å². The number of nitrogens with zero attached hydrogens (tertiary/aromatic N) is 3. The molecule has 2 fully saturated rings. The van der Waals surface area contributed by atoms with Crippen molar-refractivity contribution in [3.05, 3.63) is 34.7 Å². The van der Waals surface area contributed by atoms with Gasteiger partial charge in [-0.15, -0.1) is 0 Å². The Kier molecular flexibility index (Phi) is 5.49. The highest BCUT2D eigenvalue weighted by atomic mass is 32.1. The molecule has 1 amide bonds. The Morgan fingerprint density at radius 3 is 2.80 bits per heavy atom. The van der Waals surface area contributed by atoms with Crippen molar-refractivity contribution in [1.29, 1.82) is 10.8 Å². The third-order valence-electron chi connectivity index (χ3n) is 5.15. The third kappa shape index (κ3) is 4.07. The Morgan fingerprint density at radius 2 is 2.24 bits per heavy atom. The maximum Gasteiger partial charge on any atom is 0.252 e. The van der Waals surface area contributed by atoms with Crippen LogP contribution in [0.5, 0.6) is 0 Å². The Bertz CT molecular complexity index is 668. The van der Waals surface area contributed by atoms with Crippen LogP contribution in [0.3, 0.4) is 0 Å². The minimum Gasteiger partial charge on any atom is -0.345 e. The molecule has 3 rings (SSSR count). The number of nitrogens with one attached hydrogen (secondary N) is 2. The smallest absolute Gasteiger partial charge is 0.252 e. The molecule has 7 heteroatoms. The number of nitriles is 1. The van der Waals surface area contributed by atoms with Gasteiger partial charge in [0.1, 0.15) is 0 Å². The molecule has 0 radical (unpaired) electrons. The Morgan fingerprint density at radius 1 is 1.48 bits per heavy atom. The molecule has 1 heterocycles. The van der Waals surface area contributed by atoms with Gasteiger partial charge in [0.05, 0.1) is 17.7 Å². The molecule has 2 aliphatic carbocycles. The minimum atomic E-state index is -0.660. The summed E-state index contributed by atoms with van der Waals surface area (Å²) in [4.78, 5) is 12.5. The first kappa shape index (κ1) is 17.6. The summed E-state index contributed by atoms with van der Waals surface area (Å²) in [5.74, 6) is 0.315. The summed E-state index contributed by atoms with van der Waals surface area (Å²) in [5.41, 5.74) is 7.38. The third-order valence-corrected chi connectivity index (χ3v) is 5.83. The lowest BCUT2D eigenvalue weighted by atomic mass is 9.83. The maximum atomic E-state index is 12.5. The largest absolute Gasteiger partial charge is 0.345 e. The molecule has 1 atom stereocenters. The van der Waals surface area contributed by atoms with Crippen LogP contribution in [0.1, 0.15) is 55.3 Å². The zero-order valence-corrected chi connectivity index (χ0v) is 15.0. The second-order valence-corrected chi connectivity index (χ2v) is 7.62. The molecule has 2 N–H and O–H groups in total. The van der Waals surface area contributed by atoms with Crippen LogP contribution in [-0.4, -0.2) is 22.5 Å². The van der Waals surface area contributed by atoms with Crippen molar-refractivity contribution >= 4 is 17.2 Å². The van der Waals surface area contributed by atoms with Crippen LogP contribution >= 0.6 is 11.3 Å². The lowest BCUT2D eigenvalue weighted by molar-refractivity contribution is 0.0927. The molecular weight excluding hydrogens is 334 g/mol. The number of thiophene rings is 1. The van der Waals surface area contributed by atoms with Crippen molar-refractivity contribution in [2.45, 2.75) is 56.5 Å². The van der Waals surface area contributed by atoms with E-state index in [2.05, 4.69) is 16.6 Å². The number of rotatable bonds is 7. The number of amides is 1. The molecule has 0 bridgehead atoms. The van der Waals surface area contributed by atoms with E-state index in [0.29, 0.717) is 11.5 Å². The summed E-state index contributed by atoms with van der Waals surface area (Å²) in [6.45, 7) is 0. The van der Waals surface area contributed by atoms with Gasteiger partial charge in [-0.05, 0) is 49.1 Å². The quantitative estimate of drug-likeness (QED) is 0.564. The normalized spacial score (nSPS) is 20.6. The molecule has 0 aliphatic heterocycles. The van der Waals surface area contributed by atoms with Crippen molar-refractivity contribution in [3.8, 4) is 6.07 Å². The summed E-state index contributed by atoms with van der Waals surface area (Å²) in [5, 5.41) is 21.1. The fourth-order valence-electron chi connectivity index (χ4n) is 3.40. The van der Waals surface area contributed by atoms with Gasteiger partial charge >= 0.3 is 0 Å². The summed E-state index contributed by atoms with van der Waals surface area (Å²) in [6, 6.07) is 3.96. The molecule has 2 aliphatic rings. The van der Waals surface area contributed by atoms with Gasteiger partial charge in [-0.2, -0.15) is 22.1 Å². The van der Waals surface area contributed by atoms with Gasteiger partial charge in [0.25, 0.3) is 5.91 Å². The van der Waals surface area contributed by atoms with Crippen molar-refractivity contribution in [3.63, 3.8) is 0 Å². The lowest BCUT2D eigenvalue weighted by Gasteiger charge is -2.29. The Labute approximate surface area is 152 Å². The number of carbonyl (C=O) groups is 1. The fourth-order valence-corrected chi connectivity index (χ4v) is 4.04. The van der Waals surface area contributed by atoms with Crippen LogP contribution in [0.2, 0.25) is 0 Å². The van der Waals surface area contributed by atoms with E-state index in [1.807, 2.05) is 22.9 Å². The van der Waals surface area contributed by atoms with Gasteiger partial charge < -0.3 is 5.32 Å². The molecule has 1 aromatic rings. The lowest BCUT2D eigenvalue weighted by Crippen LogP contribution is -2.40. The second-order valence-electron chi connectivity index (χ2n) is 6.84. The van der Waals surface area contributed by atoms with Gasteiger partial charge in [-0.25, -0.2) is 5.01 Å². The van der Waals surface area contributed by atoms with Crippen LogP contribution < -0.4 is 5.32 Å². The highest BCUT2D eigenvalue weighted by Crippen LogP contribution is 2.41. The highest BCUT2D eigenvalue weighted by molar-refractivity contribution is 7.08. The summed E-state index contributed by atoms with van der Waals surface area (Å²) in [6.07, 6.45) is 10.8. The standard InChI is InChI=1S/C18H23N5OS/c19-13-18(8-9-18)23(22-20)10-6-16(14-4-2-1-3-5-14)21-17(24)15-7-11-25-12-15/h6-7,10-12,14,16,20H,1-5,8-9H2,(H,21,24). The predicted octanol–water partition coefficient (Wildman–Crippen LogP) is 4.24. The van der Waals surface area contributed by atoms with Gasteiger partial charge in [0.2, 0.25) is 0 Å². The molecule has 6 nitrogen and oxygen atoms in total. The highest BCUT2D eigenvalue weighted by Gasteiger charge is 2.48. The van der Waals surface area contributed by atoms with E-state index in [4.69, 9.17) is 5.53 Å². The van der Waals surface area contributed by atoms with E-state index in [1.165, 1.54) is 35.6 Å². The zero-order valence-electron chi connectivity index (χ0n) is 14.1. The molecule has 1 unspecified atom stereocenters. The molecule has 132 valence electrons. The monoisotopic (exact) mass is 357 g/mol. The molecule has 0 spiro atoms. The topological polar surface area (TPSA) is 92.3 Å². The SMILES string of the molecule is N#CC1(N(C=CC(NC(=O)c2ccsc2)C2CCCCC2)N=N)CC1. The average molecular weight is 357 g/mol. The first-order valence-corrected chi connectivity index (χ1v) is 9.72. The Hall–Kier alpha value is -2.20. The Balaban J connectivity index is 1.73. The maximum absolute atomic E-state index is 12.5. The molecular formula is C18H23N5OS. The summed E-state index contributed by atoms with van der Waals surface area (Å²) in [7, 11) is 0. The van der Waals surface area contributed by atoms with E-state index in [1.54, 1.807) is 6.20 Å². The van der Waals surface area contributed by atoms with E-state index in [-0.39, 0.29) is 11.9 Å². The van der Waals surface area contributed by atoms with E-state index in [9.17, 15) is 10.1 Å². The predicted molar refractivity (Wildman–Crippen MR) is 95.9 cm³/mol. The minimum absolute atomic E-state index is 0.0720. The molecule has 0 aromatic carbocycles. The van der Waals surface area contributed by atoms with Crippen molar-refractivity contribution in [2.75, 3.05) is 0 Å². The summed E-state index contributed by atoms with van der Waals surface area (Å²) < 4.78 is 0. The van der Waals surface area contributed by atoms with Crippen LogP contribution in [0.25, 0.3) is 0 Å². The van der Waals surface area contributed by atoms with Crippen LogP contribution in [0.15, 0.2) is 34.3 Å². The fraction of sp³-hybridized carbons (Fsp3) is 0.556.